The lowest BCUT2D eigenvalue weighted by atomic mass is 10.2. The van der Waals surface area contributed by atoms with E-state index in [1.165, 1.54) is 11.1 Å². The SMILES string of the molecule is S=P(C#Cc1ccccc1)(C=Cc1ccccc1)CCc1ccccc1. The van der Waals surface area contributed by atoms with Gasteiger partial charge in [-0.1, -0.05) is 108 Å². The molecule has 0 radical (unpaired) electrons. The van der Waals surface area contributed by atoms with Crippen LogP contribution >= 0.6 is 6.04 Å². The molecule has 0 aliphatic heterocycles. The third-order valence-electron chi connectivity index (χ3n) is 4.05. The van der Waals surface area contributed by atoms with E-state index in [4.69, 9.17) is 11.8 Å². The first-order valence-corrected chi connectivity index (χ1v) is 11.7. The van der Waals surface area contributed by atoms with Crippen molar-refractivity contribution in [3.05, 3.63) is 114 Å². The summed E-state index contributed by atoms with van der Waals surface area (Å²) in [4.78, 5) is 0. The van der Waals surface area contributed by atoms with Crippen molar-refractivity contribution < 1.29 is 0 Å². The van der Waals surface area contributed by atoms with Gasteiger partial charge in [-0.2, -0.15) is 0 Å². The predicted octanol–water partition coefficient (Wildman–Crippen LogP) is 6.39. The molecule has 0 saturated heterocycles. The van der Waals surface area contributed by atoms with Crippen LogP contribution in [-0.4, -0.2) is 6.16 Å². The van der Waals surface area contributed by atoms with Crippen LogP contribution in [0.4, 0.5) is 0 Å². The number of rotatable bonds is 5. The van der Waals surface area contributed by atoms with E-state index in [0.717, 1.165) is 18.1 Å². The second-order valence-electron chi connectivity index (χ2n) is 6.08. The molecule has 0 fully saturated rings. The van der Waals surface area contributed by atoms with Crippen LogP contribution in [0.2, 0.25) is 0 Å². The first-order chi connectivity index (χ1) is 12.7. The second-order valence-corrected chi connectivity index (χ2v) is 10.6. The molecule has 0 aromatic heterocycles. The molecule has 0 heterocycles. The summed E-state index contributed by atoms with van der Waals surface area (Å²) in [5.41, 5.74) is 6.95. The Labute approximate surface area is 161 Å². The van der Waals surface area contributed by atoms with E-state index in [9.17, 15) is 0 Å². The fourth-order valence-corrected chi connectivity index (χ4v) is 4.81. The Morgan fingerprint density at radius 2 is 1.35 bits per heavy atom. The zero-order valence-corrected chi connectivity index (χ0v) is 16.3. The molecule has 1 unspecified atom stereocenters. The van der Waals surface area contributed by atoms with Gasteiger partial charge in [0.25, 0.3) is 0 Å². The van der Waals surface area contributed by atoms with E-state index in [0.29, 0.717) is 0 Å². The summed E-state index contributed by atoms with van der Waals surface area (Å²) in [5, 5.41) is 0. The summed E-state index contributed by atoms with van der Waals surface area (Å²) in [7, 11) is 0. The highest BCUT2D eigenvalue weighted by molar-refractivity contribution is 8.18. The van der Waals surface area contributed by atoms with E-state index in [2.05, 4.69) is 59.9 Å². The molecule has 0 aliphatic carbocycles. The van der Waals surface area contributed by atoms with Crippen molar-refractivity contribution in [1.29, 1.82) is 0 Å². The molecule has 1 atom stereocenters. The van der Waals surface area contributed by atoms with Crippen LogP contribution in [0.15, 0.2) is 96.8 Å². The summed E-state index contributed by atoms with van der Waals surface area (Å²) in [6.07, 6.45) is 4.00. The highest BCUT2D eigenvalue weighted by Crippen LogP contribution is 2.47. The predicted molar refractivity (Wildman–Crippen MR) is 118 cm³/mol. The maximum absolute atomic E-state index is 6.05. The van der Waals surface area contributed by atoms with Gasteiger partial charge in [-0.05, 0) is 41.7 Å². The summed E-state index contributed by atoms with van der Waals surface area (Å²) in [5.74, 6) is 5.48. The number of hydrogen-bond acceptors (Lipinski definition) is 1. The third kappa shape index (κ3) is 5.85. The van der Waals surface area contributed by atoms with Gasteiger partial charge in [0.05, 0.1) is 0 Å². The van der Waals surface area contributed by atoms with Crippen LogP contribution in [0.3, 0.4) is 0 Å². The Morgan fingerprint density at radius 1 is 0.769 bits per heavy atom. The van der Waals surface area contributed by atoms with Gasteiger partial charge in [0.2, 0.25) is 0 Å². The van der Waals surface area contributed by atoms with E-state index < -0.39 is 6.04 Å². The van der Waals surface area contributed by atoms with Crippen molar-refractivity contribution >= 4 is 23.9 Å². The first-order valence-electron chi connectivity index (χ1n) is 8.69. The van der Waals surface area contributed by atoms with Crippen molar-refractivity contribution in [2.45, 2.75) is 6.42 Å². The van der Waals surface area contributed by atoms with Crippen LogP contribution in [-0.2, 0) is 18.2 Å². The third-order valence-corrected chi connectivity index (χ3v) is 7.24. The highest BCUT2D eigenvalue weighted by atomic mass is 32.4. The van der Waals surface area contributed by atoms with Gasteiger partial charge in [0.15, 0.2) is 0 Å². The molecule has 26 heavy (non-hydrogen) atoms. The second kappa shape index (κ2) is 9.35. The van der Waals surface area contributed by atoms with Crippen LogP contribution in [0, 0.1) is 11.6 Å². The Bertz CT molecular complexity index is 949. The topological polar surface area (TPSA) is 0 Å². The minimum absolute atomic E-state index is 0.912. The Hall–Kier alpha value is -2.39. The smallest absolute Gasteiger partial charge is 0.0446 e. The highest BCUT2D eigenvalue weighted by Gasteiger charge is 2.10. The molecule has 128 valence electrons. The maximum atomic E-state index is 6.05. The van der Waals surface area contributed by atoms with Gasteiger partial charge in [-0.15, -0.1) is 0 Å². The van der Waals surface area contributed by atoms with Crippen molar-refractivity contribution in [3.63, 3.8) is 0 Å². The molecule has 3 aromatic rings. The Balaban J connectivity index is 1.84. The van der Waals surface area contributed by atoms with E-state index in [1.54, 1.807) is 0 Å². The molecule has 3 rings (SSSR count). The molecule has 0 aliphatic rings. The Morgan fingerprint density at radius 3 is 2.00 bits per heavy atom. The summed E-state index contributed by atoms with van der Waals surface area (Å²) in [6.45, 7) is 0. The van der Waals surface area contributed by atoms with E-state index in [-0.39, 0.29) is 0 Å². The van der Waals surface area contributed by atoms with Gasteiger partial charge < -0.3 is 0 Å². The van der Waals surface area contributed by atoms with Gasteiger partial charge in [-0.3, -0.25) is 0 Å². The van der Waals surface area contributed by atoms with Crippen LogP contribution in [0.1, 0.15) is 16.7 Å². The lowest BCUT2D eigenvalue weighted by Crippen LogP contribution is -1.92. The average molecular weight is 372 g/mol. The van der Waals surface area contributed by atoms with Crippen molar-refractivity contribution in [2.75, 3.05) is 6.16 Å². The summed E-state index contributed by atoms with van der Waals surface area (Å²) in [6, 6.07) is 29.0. The molecule has 0 saturated carbocycles. The molecule has 3 aromatic carbocycles. The summed E-state index contributed by atoms with van der Waals surface area (Å²) < 4.78 is 0. The van der Waals surface area contributed by atoms with E-state index in [1.807, 2.05) is 54.6 Å². The largest absolute Gasteiger partial charge is 0.0793 e. The fourth-order valence-electron chi connectivity index (χ4n) is 2.56. The quantitative estimate of drug-likeness (QED) is 0.369. The van der Waals surface area contributed by atoms with Crippen molar-refractivity contribution in [3.8, 4) is 11.6 Å². The molecule has 0 bridgehead atoms. The molecular weight excluding hydrogens is 351 g/mol. The fraction of sp³-hybridized carbons (Fsp3) is 0.0833. The number of aryl methyl sites for hydroxylation is 1. The molecule has 0 spiro atoms. The average Bonchev–Trinajstić information content (AvgIpc) is 2.72. The first kappa shape index (κ1) is 18.4. The standard InChI is InChI=1S/C24H21PS/c26-25(19-16-22-10-4-1-5-11-22,20-17-23-12-6-2-7-13-23)21-18-24-14-8-3-9-15-24/h1-16,19H,17,20H2. The molecule has 0 amide bonds. The minimum Gasteiger partial charge on any atom is -0.0793 e. The van der Waals surface area contributed by atoms with Crippen molar-refractivity contribution in [2.24, 2.45) is 0 Å². The number of hydrogen-bond donors (Lipinski definition) is 0. The van der Waals surface area contributed by atoms with Gasteiger partial charge in [0, 0.05) is 11.6 Å². The van der Waals surface area contributed by atoms with Crippen LogP contribution in [0.25, 0.3) is 6.08 Å². The molecule has 0 nitrogen and oxygen atoms in total. The zero-order valence-electron chi connectivity index (χ0n) is 14.6. The number of benzene rings is 3. The summed E-state index contributed by atoms with van der Waals surface area (Å²) >= 11 is 6.05. The van der Waals surface area contributed by atoms with Crippen LogP contribution in [0.5, 0.6) is 0 Å². The maximum Gasteiger partial charge on any atom is 0.0446 e. The van der Waals surface area contributed by atoms with Gasteiger partial charge >= 0.3 is 0 Å². The zero-order chi connectivity index (χ0) is 18.1. The Kier molecular flexibility index (Phi) is 6.62. The molecule has 2 heteroatoms. The minimum atomic E-state index is -1.92. The molecular formula is C24H21PS. The van der Waals surface area contributed by atoms with Crippen molar-refractivity contribution in [1.82, 2.24) is 0 Å². The molecule has 0 N–H and O–H groups in total. The van der Waals surface area contributed by atoms with Crippen LogP contribution < -0.4 is 0 Å². The van der Waals surface area contributed by atoms with Gasteiger partial charge in [0.1, 0.15) is 0 Å². The van der Waals surface area contributed by atoms with Gasteiger partial charge in [-0.25, -0.2) is 0 Å². The lowest BCUT2D eigenvalue weighted by molar-refractivity contribution is 1.15. The lowest BCUT2D eigenvalue weighted by Gasteiger charge is -2.11. The normalized spacial score (nSPS) is 12.9. The van der Waals surface area contributed by atoms with E-state index >= 15 is 0 Å². The monoisotopic (exact) mass is 372 g/mol.